The molecule has 2 heterocycles. The van der Waals surface area contributed by atoms with Crippen LogP contribution in [0.15, 0.2) is 12.4 Å². The van der Waals surface area contributed by atoms with Crippen molar-refractivity contribution < 1.29 is 4.79 Å². The fraction of sp³-hybridized carbons (Fsp3) is 0.333. The van der Waals surface area contributed by atoms with Crippen LogP contribution in [0.4, 0.5) is 10.5 Å². The Hall–Kier alpha value is -1.29. The van der Waals surface area contributed by atoms with Gasteiger partial charge >= 0.3 is 6.03 Å². The molecule has 5 heteroatoms. The maximum atomic E-state index is 11.4. The Labute approximate surface area is 86.9 Å². The molecule has 0 unspecified atom stereocenters. The van der Waals surface area contributed by atoms with Gasteiger partial charge in [0.1, 0.15) is 0 Å². The molecule has 0 aliphatic carbocycles. The van der Waals surface area contributed by atoms with E-state index in [2.05, 4.69) is 10.3 Å². The molecule has 0 saturated carbocycles. The van der Waals surface area contributed by atoms with E-state index in [-0.39, 0.29) is 6.03 Å². The Morgan fingerprint density at radius 2 is 2.36 bits per heavy atom. The van der Waals surface area contributed by atoms with E-state index < -0.39 is 0 Å². The van der Waals surface area contributed by atoms with E-state index in [1.54, 1.807) is 17.3 Å². The maximum absolute atomic E-state index is 11.4. The van der Waals surface area contributed by atoms with Crippen molar-refractivity contribution >= 4 is 23.3 Å². The molecule has 4 nitrogen and oxygen atoms in total. The molecule has 74 valence electrons. The number of hydrogen-bond donors (Lipinski definition) is 1. The zero-order valence-electron chi connectivity index (χ0n) is 7.75. The third kappa shape index (κ3) is 1.42. The highest BCUT2D eigenvalue weighted by Gasteiger charge is 2.23. The monoisotopic (exact) mass is 211 g/mol. The molecule has 1 saturated heterocycles. The number of nitrogens with zero attached hydrogens (tertiary/aromatic N) is 2. The Kier molecular flexibility index (Phi) is 2.29. The largest absolute Gasteiger partial charge is 0.336 e. The first-order valence-corrected chi connectivity index (χ1v) is 4.73. The zero-order valence-corrected chi connectivity index (χ0v) is 8.51. The lowest BCUT2D eigenvalue weighted by Crippen LogP contribution is -2.28. The number of urea groups is 1. The van der Waals surface area contributed by atoms with E-state index >= 15 is 0 Å². The van der Waals surface area contributed by atoms with Crippen molar-refractivity contribution in [2.45, 2.75) is 6.92 Å². The zero-order chi connectivity index (χ0) is 10.1. The summed E-state index contributed by atoms with van der Waals surface area (Å²) < 4.78 is 0. The number of carbonyl (C=O) groups is 1. The topological polar surface area (TPSA) is 45.2 Å². The lowest BCUT2D eigenvalue weighted by molar-refractivity contribution is 0.252. The minimum Gasteiger partial charge on any atom is -0.336 e. The number of aromatic nitrogens is 1. The van der Waals surface area contributed by atoms with Gasteiger partial charge in [0.2, 0.25) is 0 Å². The molecular weight excluding hydrogens is 202 g/mol. The summed E-state index contributed by atoms with van der Waals surface area (Å²) in [6.07, 6.45) is 3.24. The number of anilines is 1. The molecule has 2 amide bonds. The Bertz CT molecular complexity index is 380. The van der Waals surface area contributed by atoms with Crippen molar-refractivity contribution in [3.05, 3.63) is 23.0 Å². The number of carbonyl (C=O) groups excluding carboxylic acids is 1. The summed E-state index contributed by atoms with van der Waals surface area (Å²) in [7, 11) is 0. The summed E-state index contributed by atoms with van der Waals surface area (Å²) in [5.41, 5.74) is 1.67. The van der Waals surface area contributed by atoms with Crippen molar-refractivity contribution in [2.24, 2.45) is 0 Å². The van der Waals surface area contributed by atoms with E-state index in [4.69, 9.17) is 11.6 Å². The molecule has 0 atom stereocenters. The molecule has 0 bridgehead atoms. The molecule has 2 rings (SSSR count). The molecule has 1 aliphatic heterocycles. The van der Waals surface area contributed by atoms with Gasteiger partial charge in [-0.3, -0.25) is 9.88 Å². The Morgan fingerprint density at radius 1 is 1.57 bits per heavy atom. The predicted molar refractivity (Wildman–Crippen MR) is 54.7 cm³/mol. The van der Waals surface area contributed by atoms with Gasteiger partial charge in [0.25, 0.3) is 0 Å². The number of amides is 2. The van der Waals surface area contributed by atoms with Crippen LogP contribution in [0.1, 0.15) is 5.56 Å². The quantitative estimate of drug-likeness (QED) is 0.767. The van der Waals surface area contributed by atoms with Gasteiger partial charge in [-0.2, -0.15) is 0 Å². The van der Waals surface area contributed by atoms with Crippen LogP contribution in [0.25, 0.3) is 0 Å². The SMILES string of the molecule is Cc1c(Cl)cncc1N1CCNC1=O. The maximum Gasteiger partial charge on any atom is 0.322 e. The second-order valence-corrected chi connectivity index (χ2v) is 3.56. The number of hydrogen-bond acceptors (Lipinski definition) is 2. The lowest BCUT2D eigenvalue weighted by Gasteiger charge is -2.16. The van der Waals surface area contributed by atoms with Gasteiger partial charge in [-0.15, -0.1) is 0 Å². The highest BCUT2D eigenvalue weighted by atomic mass is 35.5. The van der Waals surface area contributed by atoms with Crippen LogP contribution in [0, 0.1) is 6.92 Å². The number of rotatable bonds is 1. The van der Waals surface area contributed by atoms with Crippen molar-refractivity contribution in [2.75, 3.05) is 18.0 Å². The minimum atomic E-state index is -0.0860. The van der Waals surface area contributed by atoms with E-state index in [0.717, 1.165) is 11.3 Å². The fourth-order valence-electron chi connectivity index (χ4n) is 1.46. The first kappa shape index (κ1) is 9.27. The highest BCUT2D eigenvalue weighted by Crippen LogP contribution is 2.25. The summed E-state index contributed by atoms with van der Waals surface area (Å²) >= 11 is 5.92. The van der Waals surface area contributed by atoms with E-state index in [9.17, 15) is 4.79 Å². The summed E-state index contributed by atoms with van der Waals surface area (Å²) in [6, 6.07) is -0.0860. The molecule has 1 N–H and O–H groups in total. The van der Waals surface area contributed by atoms with Crippen molar-refractivity contribution in [1.82, 2.24) is 10.3 Å². The van der Waals surface area contributed by atoms with Crippen LogP contribution in [-0.2, 0) is 0 Å². The van der Waals surface area contributed by atoms with E-state index in [1.165, 1.54) is 0 Å². The van der Waals surface area contributed by atoms with Gasteiger partial charge in [-0.25, -0.2) is 4.79 Å². The molecule has 1 fully saturated rings. The standard InChI is InChI=1S/C9H10ClN3O/c1-6-7(10)4-11-5-8(6)13-3-2-12-9(13)14/h4-5H,2-3H2,1H3,(H,12,14). The van der Waals surface area contributed by atoms with Gasteiger partial charge in [0, 0.05) is 19.3 Å². The smallest absolute Gasteiger partial charge is 0.322 e. The molecule has 0 radical (unpaired) electrons. The van der Waals surface area contributed by atoms with Crippen molar-refractivity contribution in [3.8, 4) is 0 Å². The first-order valence-electron chi connectivity index (χ1n) is 4.35. The molecule has 1 aromatic heterocycles. The first-order chi connectivity index (χ1) is 6.70. The number of nitrogens with one attached hydrogen (secondary N) is 1. The van der Waals surface area contributed by atoms with Gasteiger partial charge in [0.15, 0.2) is 0 Å². The van der Waals surface area contributed by atoms with Crippen LogP contribution < -0.4 is 10.2 Å². The Balaban J connectivity index is 2.41. The third-order valence-electron chi connectivity index (χ3n) is 2.27. The number of pyridine rings is 1. The lowest BCUT2D eigenvalue weighted by atomic mass is 10.2. The summed E-state index contributed by atoms with van der Waals surface area (Å²) in [5.74, 6) is 0. The van der Waals surface area contributed by atoms with Gasteiger partial charge in [-0.1, -0.05) is 11.6 Å². The van der Waals surface area contributed by atoms with Crippen LogP contribution in [0.2, 0.25) is 5.02 Å². The van der Waals surface area contributed by atoms with Crippen LogP contribution >= 0.6 is 11.6 Å². The van der Waals surface area contributed by atoms with Crippen LogP contribution in [0.5, 0.6) is 0 Å². The molecule has 0 spiro atoms. The second-order valence-electron chi connectivity index (χ2n) is 3.15. The molecular formula is C9H10ClN3O. The average Bonchev–Trinajstić information content (AvgIpc) is 2.57. The predicted octanol–water partition coefficient (Wildman–Crippen LogP) is 1.57. The van der Waals surface area contributed by atoms with E-state index in [0.29, 0.717) is 18.1 Å². The minimum absolute atomic E-state index is 0.0860. The van der Waals surface area contributed by atoms with Gasteiger partial charge in [-0.05, 0) is 12.5 Å². The molecule has 1 aromatic rings. The Morgan fingerprint density at radius 3 is 3.00 bits per heavy atom. The molecule has 1 aliphatic rings. The van der Waals surface area contributed by atoms with Crippen LogP contribution in [-0.4, -0.2) is 24.1 Å². The van der Waals surface area contributed by atoms with Gasteiger partial charge < -0.3 is 5.32 Å². The third-order valence-corrected chi connectivity index (χ3v) is 2.66. The average molecular weight is 212 g/mol. The fourth-order valence-corrected chi connectivity index (χ4v) is 1.62. The number of halogens is 1. The normalized spacial score (nSPS) is 15.9. The van der Waals surface area contributed by atoms with E-state index in [1.807, 2.05) is 6.92 Å². The second kappa shape index (κ2) is 3.46. The summed E-state index contributed by atoms with van der Waals surface area (Å²) in [4.78, 5) is 17.0. The van der Waals surface area contributed by atoms with Crippen molar-refractivity contribution in [3.63, 3.8) is 0 Å². The highest BCUT2D eigenvalue weighted by molar-refractivity contribution is 6.31. The van der Waals surface area contributed by atoms with Gasteiger partial charge in [0.05, 0.1) is 16.9 Å². The summed E-state index contributed by atoms with van der Waals surface area (Å²) in [5, 5.41) is 3.32. The summed E-state index contributed by atoms with van der Waals surface area (Å²) in [6.45, 7) is 3.22. The van der Waals surface area contributed by atoms with Crippen molar-refractivity contribution in [1.29, 1.82) is 0 Å². The molecule has 14 heavy (non-hydrogen) atoms. The molecule has 0 aromatic carbocycles. The van der Waals surface area contributed by atoms with Crippen LogP contribution in [0.3, 0.4) is 0 Å².